The predicted molar refractivity (Wildman–Crippen MR) is 110 cm³/mol. The van der Waals surface area contributed by atoms with Crippen molar-refractivity contribution in [3.8, 4) is 0 Å². The van der Waals surface area contributed by atoms with Crippen LogP contribution in [0.15, 0.2) is 23.0 Å². The number of benzene rings is 1. The number of hydrogen-bond acceptors (Lipinski definition) is 4. The van der Waals surface area contributed by atoms with Gasteiger partial charge in [0.05, 0.1) is 12.5 Å². The quantitative estimate of drug-likeness (QED) is 0.736. The zero-order valence-corrected chi connectivity index (χ0v) is 17.4. The molecule has 1 aliphatic rings. The number of nitrogens with one attached hydrogen (secondary N) is 1. The number of carbonyl (C=O) groups excluding carboxylic acids is 1. The molecule has 0 spiro atoms. The fourth-order valence-corrected chi connectivity index (χ4v) is 3.72. The second-order valence-corrected chi connectivity index (χ2v) is 8.02. The summed E-state index contributed by atoms with van der Waals surface area (Å²) in [5.41, 5.74) is 3.26. The molecule has 7 nitrogen and oxygen atoms in total. The predicted octanol–water partition coefficient (Wildman–Crippen LogP) is 1.66. The molecule has 1 atom stereocenters. The van der Waals surface area contributed by atoms with Gasteiger partial charge < -0.3 is 10.2 Å². The maximum Gasteiger partial charge on any atom is 0.346 e. The van der Waals surface area contributed by atoms with Gasteiger partial charge in [-0.05, 0) is 64.9 Å². The minimum Gasteiger partial charge on any atom is -0.355 e. The van der Waals surface area contributed by atoms with Crippen LogP contribution >= 0.6 is 0 Å². The molecule has 1 aliphatic heterocycles. The first-order valence-corrected chi connectivity index (χ1v) is 10.0. The van der Waals surface area contributed by atoms with E-state index in [0.717, 1.165) is 42.5 Å². The van der Waals surface area contributed by atoms with Crippen LogP contribution in [0.3, 0.4) is 0 Å². The van der Waals surface area contributed by atoms with Gasteiger partial charge in [0.1, 0.15) is 5.82 Å². The van der Waals surface area contributed by atoms with Gasteiger partial charge in [0.25, 0.3) is 0 Å². The summed E-state index contributed by atoms with van der Waals surface area (Å²) in [6.07, 6.45) is 2.45. The number of rotatable bonds is 7. The third kappa shape index (κ3) is 4.52. The Balaban J connectivity index is 1.77. The van der Waals surface area contributed by atoms with E-state index in [4.69, 9.17) is 0 Å². The van der Waals surface area contributed by atoms with Crippen LogP contribution in [0.5, 0.6) is 0 Å². The fraction of sp³-hybridized carbons (Fsp3) is 0.571. The minimum atomic E-state index is -0.347. The lowest BCUT2D eigenvalue weighted by atomic mass is 9.98. The molecule has 1 unspecified atom stereocenters. The third-order valence-electron chi connectivity index (χ3n) is 5.36. The summed E-state index contributed by atoms with van der Waals surface area (Å²) in [6, 6.07) is 6.22. The van der Waals surface area contributed by atoms with Crippen LogP contribution in [0.4, 0.5) is 0 Å². The van der Waals surface area contributed by atoms with E-state index in [0.29, 0.717) is 25.5 Å². The zero-order chi connectivity index (χ0) is 20.3. The molecule has 2 aromatic rings. The second kappa shape index (κ2) is 8.73. The molecule has 0 radical (unpaired) electrons. The highest BCUT2D eigenvalue weighted by Gasteiger charge is 2.31. The first kappa shape index (κ1) is 20.3. The maximum absolute atomic E-state index is 12.8. The van der Waals surface area contributed by atoms with E-state index < -0.39 is 0 Å². The average molecular weight is 386 g/mol. The van der Waals surface area contributed by atoms with Gasteiger partial charge in [-0.1, -0.05) is 23.8 Å². The summed E-state index contributed by atoms with van der Waals surface area (Å²) in [7, 11) is 4.04. The Morgan fingerprint density at radius 2 is 2.11 bits per heavy atom. The van der Waals surface area contributed by atoms with Crippen LogP contribution in [-0.4, -0.2) is 52.3 Å². The Labute approximate surface area is 166 Å². The van der Waals surface area contributed by atoms with Crippen LogP contribution < -0.4 is 11.0 Å². The Morgan fingerprint density at radius 3 is 2.86 bits per heavy atom. The molecular formula is C21H31N5O2. The molecule has 0 fully saturated rings. The van der Waals surface area contributed by atoms with Crippen molar-refractivity contribution in [1.82, 2.24) is 24.6 Å². The van der Waals surface area contributed by atoms with Crippen molar-refractivity contribution < 1.29 is 4.79 Å². The van der Waals surface area contributed by atoms with Crippen LogP contribution in [0, 0.1) is 13.8 Å². The minimum absolute atomic E-state index is 0.0245. The molecule has 1 N–H and O–H groups in total. The first-order valence-electron chi connectivity index (χ1n) is 10.0. The Bertz CT molecular complexity index is 897. The third-order valence-corrected chi connectivity index (χ3v) is 5.36. The van der Waals surface area contributed by atoms with Crippen molar-refractivity contribution in [1.29, 1.82) is 0 Å². The van der Waals surface area contributed by atoms with Gasteiger partial charge in [-0.25, -0.2) is 9.48 Å². The Hall–Kier alpha value is -2.41. The van der Waals surface area contributed by atoms with E-state index in [1.54, 1.807) is 4.57 Å². The molecule has 0 saturated carbocycles. The Kier molecular flexibility index (Phi) is 6.34. The van der Waals surface area contributed by atoms with Crippen LogP contribution in [0.1, 0.15) is 47.7 Å². The van der Waals surface area contributed by atoms with E-state index in [-0.39, 0.29) is 17.5 Å². The number of fused-ring (bicyclic) bond motifs is 1. The molecule has 0 aliphatic carbocycles. The summed E-state index contributed by atoms with van der Waals surface area (Å²) in [4.78, 5) is 27.6. The first-order chi connectivity index (χ1) is 13.4. The highest BCUT2D eigenvalue weighted by Crippen LogP contribution is 2.24. The normalized spacial score (nSPS) is 16.2. The number of carbonyl (C=O) groups is 1. The molecule has 0 saturated heterocycles. The average Bonchev–Trinajstić information content (AvgIpc) is 2.97. The standard InChI is InChI=1S/C21H31N5O2/c1-15-8-9-16(2)17(13-15)14-26-21(28)25-12-5-7-18(19(25)23-26)20(27)22-10-6-11-24(3)4/h8-9,13,18H,5-7,10-12,14H2,1-4H3,(H,22,27). The van der Waals surface area contributed by atoms with Gasteiger partial charge in [0.2, 0.25) is 5.91 Å². The molecule has 7 heteroatoms. The van der Waals surface area contributed by atoms with Gasteiger partial charge >= 0.3 is 5.69 Å². The largest absolute Gasteiger partial charge is 0.355 e. The van der Waals surface area contributed by atoms with E-state index >= 15 is 0 Å². The Morgan fingerprint density at radius 1 is 1.32 bits per heavy atom. The highest BCUT2D eigenvalue weighted by molar-refractivity contribution is 5.82. The van der Waals surface area contributed by atoms with Crippen molar-refractivity contribution >= 4 is 5.91 Å². The fourth-order valence-electron chi connectivity index (χ4n) is 3.72. The molecule has 28 heavy (non-hydrogen) atoms. The van der Waals surface area contributed by atoms with E-state index in [2.05, 4.69) is 33.5 Å². The summed E-state index contributed by atoms with van der Waals surface area (Å²) >= 11 is 0. The molecule has 1 aromatic carbocycles. The lowest BCUT2D eigenvalue weighted by Gasteiger charge is -2.21. The molecule has 1 aromatic heterocycles. The van der Waals surface area contributed by atoms with Crippen molar-refractivity contribution in [2.45, 2.75) is 52.1 Å². The van der Waals surface area contributed by atoms with E-state index in [9.17, 15) is 9.59 Å². The molecular weight excluding hydrogens is 354 g/mol. The van der Waals surface area contributed by atoms with Crippen LogP contribution in [0.25, 0.3) is 0 Å². The van der Waals surface area contributed by atoms with Crippen molar-refractivity contribution in [3.63, 3.8) is 0 Å². The summed E-state index contributed by atoms with van der Waals surface area (Å²) in [5, 5.41) is 7.59. The molecule has 2 heterocycles. The van der Waals surface area contributed by atoms with Gasteiger partial charge in [0.15, 0.2) is 0 Å². The summed E-state index contributed by atoms with van der Waals surface area (Å²) < 4.78 is 3.19. The SMILES string of the molecule is Cc1ccc(C)c(Cn2nc3n(c2=O)CCCC3C(=O)NCCCN(C)C)c1. The zero-order valence-electron chi connectivity index (χ0n) is 17.4. The van der Waals surface area contributed by atoms with Crippen molar-refractivity contribution in [2.24, 2.45) is 0 Å². The molecule has 152 valence electrons. The van der Waals surface area contributed by atoms with Gasteiger partial charge in [-0.15, -0.1) is 0 Å². The van der Waals surface area contributed by atoms with Crippen molar-refractivity contribution in [3.05, 3.63) is 51.2 Å². The van der Waals surface area contributed by atoms with Crippen molar-refractivity contribution in [2.75, 3.05) is 27.2 Å². The van der Waals surface area contributed by atoms with Gasteiger partial charge in [-0.2, -0.15) is 5.10 Å². The maximum atomic E-state index is 12.8. The van der Waals surface area contributed by atoms with E-state index in [1.807, 2.05) is 27.9 Å². The number of aryl methyl sites for hydroxylation is 2. The topological polar surface area (TPSA) is 72.2 Å². The van der Waals surface area contributed by atoms with Crippen LogP contribution in [-0.2, 0) is 17.9 Å². The smallest absolute Gasteiger partial charge is 0.346 e. The number of hydrogen-bond donors (Lipinski definition) is 1. The molecule has 3 rings (SSSR count). The van der Waals surface area contributed by atoms with Crippen LogP contribution in [0.2, 0.25) is 0 Å². The highest BCUT2D eigenvalue weighted by atomic mass is 16.2. The number of amides is 1. The number of nitrogens with zero attached hydrogens (tertiary/aromatic N) is 4. The van der Waals surface area contributed by atoms with Gasteiger partial charge in [0, 0.05) is 13.1 Å². The lowest BCUT2D eigenvalue weighted by Crippen LogP contribution is -2.36. The summed E-state index contributed by atoms with van der Waals surface area (Å²) in [6.45, 7) is 6.72. The summed E-state index contributed by atoms with van der Waals surface area (Å²) in [5.74, 6) is 0.232. The molecule has 1 amide bonds. The van der Waals surface area contributed by atoms with Gasteiger partial charge in [-0.3, -0.25) is 9.36 Å². The molecule has 0 bridgehead atoms. The lowest BCUT2D eigenvalue weighted by molar-refractivity contribution is -0.123. The number of aromatic nitrogens is 3. The second-order valence-electron chi connectivity index (χ2n) is 8.02. The van der Waals surface area contributed by atoms with E-state index in [1.165, 1.54) is 4.68 Å². The monoisotopic (exact) mass is 385 g/mol.